The molecule has 0 aliphatic heterocycles. The van der Waals surface area contributed by atoms with Gasteiger partial charge in [0.25, 0.3) is 0 Å². The van der Waals surface area contributed by atoms with Crippen molar-refractivity contribution >= 4 is 24.6 Å². The summed E-state index contributed by atoms with van der Waals surface area (Å²) in [6.07, 6.45) is 3.09. The Hall–Kier alpha value is -1.54. The van der Waals surface area contributed by atoms with Crippen LogP contribution in [0, 0.1) is 5.92 Å². The molecule has 0 bridgehead atoms. The second-order valence-corrected chi connectivity index (χ2v) is 7.00. The van der Waals surface area contributed by atoms with Gasteiger partial charge in [-0.1, -0.05) is 6.92 Å². The molecule has 114 valence electrons. The number of anilines is 1. The van der Waals surface area contributed by atoms with Gasteiger partial charge in [-0.05, 0) is 12.3 Å². The molecular formula is C11H16N5O4P. The second-order valence-electron chi connectivity index (χ2n) is 5.41. The van der Waals surface area contributed by atoms with Gasteiger partial charge >= 0.3 is 7.60 Å². The number of fused-ring (bicyclic) bond motifs is 1. The third kappa shape index (κ3) is 2.77. The van der Waals surface area contributed by atoms with Crippen LogP contribution in [-0.4, -0.2) is 41.3 Å². The number of hydrogen-bond donors (Lipinski definition) is 3. The van der Waals surface area contributed by atoms with Gasteiger partial charge in [-0.25, -0.2) is 15.0 Å². The molecule has 9 nitrogen and oxygen atoms in total. The van der Waals surface area contributed by atoms with Crippen molar-refractivity contribution in [3.63, 3.8) is 0 Å². The van der Waals surface area contributed by atoms with Gasteiger partial charge < -0.3 is 24.8 Å². The zero-order valence-corrected chi connectivity index (χ0v) is 12.3. The molecule has 1 fully saturated rings. The smallest absolute Gasteiger partial charge is 0.351 e. The molecule has 0 amide bonds. The number of nitrogens with two attached hydrogens (primary N) is 1. The largest absolute Gasteiger partial charge is 0.382 e. The summed E-state index contributed by atoms with van der Waals surface area (Å²) in [6, 6.07) is 0. The summed E-state index contributed by atoms with van der Waals surface area (Å²) >= 11 is 0. The summed E-state index contributed by atoms with van der Waals surface area (Å²) in [5.41, 5.74) is 6.24. The highest BCUT2D eigenvalue weighted by Crippen LogP contribution is 2.50. The minimum Gasteiger partial charge on any atom is -0.382 e. The van der Waals surface area contributed by atoms with Crippen LogP contribution in [0.5, 0.6) is 0 Å². The third-order valence-corrected chi connectivity index (χ3v) is 4.24. The lowest BCUT2D eigenvalue weighted by Gasteiger charge is -2.19. The molecule has 1 saturated carbocycles. The molecular weight excluding hydrogens is 297 g/mol. The van der Waals surface area contributed by atoms with E-state index < -0.39 is 19.5 Å². The fraction of sp³-hybridized carbons (Fsp3) is 0.545. The molecule has 2 atom stereocenters. The summed E-state index contributed by atoms with van der Waals surface area (Å²) in [6.45, 7) is 2.39. The molecule has 0 unspecified atom stereocenters. The Morgan fingerprint density at radius 2 is 2.24 bits per heavy atom. The lowest BCUT2D eigenvalue weighted by atomic mass is 10.2. The number of nitrogens with zero attached hydrogens (tertiary/aromatic N) is 4. The minimum absolute atomic E-state index is 0.209. The van der Waals surface area contributed by atoms with E-state index in [1.165, 1.54) is 6.33 Å². The maximum Gasteiger partial charge on any atom is 0.351 e. The maximum atomic E-state index is 11.0. The molecule has 1 aliphatic rings. The first-order valence-electron chi connectivity index (χ1n) is 6.41. The molecule has 1 aliphatic carbocycles. The van der Waals surface area contributed by atoms with Crippen LogP contribution in [0.4, 0.5) is 5.82 Å². The van der Waals surface area contributed by atoms with Gasteiger partial charge in [-0.3, -0.25) is 4.57 Å². The zero-order valence-electron chi connectivity index (χ0n) is 11.4. The van der Waals surface area contributed by atoms with E-state index in [2.05, 4.69) is 15.0 Å². The third-order valence-electron chi connectivity index (χ3n) is 3.78. The first-order chi connectivity index (χ1) is 9.81. The molecule has 0 spiro atoms. The molecule has 2 heterocycles. The van der Waals surface area contributed by atoms with Crippen LogP contribution in [0.3, 0.4) is 0 Å². The van der Waals surface area contributed by atoms with Crippen molar-refractivity contribution in [1.82, 2.24) is 19.5 Å². The topological polar surface area (TPSA) is 136 Å². The molecule has 0 saturated heterocycles. The predicted octanol–water partition coefficient (Wildman–Crippen LogP) is 0.339. The Balaban J connectivity index is 1.84. The Kier molecular flexibility index (Phi) is 3.25. The fourth-order valence-corrected chi connectivity index (χ4v) is 2.87. The first kappa shape index (κ1) is 14.4. The number of imidazole rings is 1. The van der Waals surface area contributed by atoms with Gasteiger partial charge in [0.1, 0.15) is 18.2 Å². The molecule has 0 aromatic carbocycles. The van der Waals surface area contributed by atoms with Crippen LogP contribution in [0.2, 0.25) is 0 Å². The van der Waals surface area contributed by atoms with E-state index >= 15 is 0 Å². The van der Waals surface area contributed by atoms with Crippen molar-refractivity contribution in [3.05, 3.63) is 12.7 Å². The van der Waals surface area contributed by atoms with Crippen molar-refractivity contribution in [2.24, 2.45) is 5.92 Å². The standard InChI is InChI=1S/C11H16N5O4P/c1-7-2-11(7,20-6-21(17,18)19)3-16-5-15-8-9(12)13-4-14-10(8)16/h4-5,7H,2-3,6H2,1H3,(H2,12,13,14)(H2,17,18,19)/t7-,11-/m0/s1. The first-order valence-corrected chi connectivity index (χ1v) is 8.20. The molecule has 0 radical (unpaired) electrons. The molecule has 3 rings (SSSR count). The molecule has 4 N–H and O–H groups in total. The van der Waals surface area contributed by atoms with Gasteiger partial charge in [-0.15, -0.1) is 0 Å². The predicted molar refractivity (Wildman–Crippen MR) is 74.2 cm³/mol. The van der Waals surface area contributed by atoms with Gasteiger partial charge in [0.15, 0.2) is 11.5 Å². The van der Waals surface area contributed by atoms with E-state index in [1.54, 1.807) is 10.9 Å². The van der Waals surface area contributed by atoms with Crippen LogP contribution in [0.1, 0.15) is 13.3 Å². The Labute approximate surface area is 120 Å². The van der Waals surface area contributed by atoms with Gasteiger partial charge in [0, 0.05) is 0 Å². The lowest BCUT2D eigenvalue weighted by Crippen LogP contribution is -2.24. The van der Waals surface area contributed by atoms with Crippen molar-refractivity contribution < 1.29 is 19.1 Å². The van der Waals surface area contributed by atoms with Crippen molar-refractivity contribution in [2.45, 2.75) is 25.5 Å². The highest BCUT2D eigenvalue weighted by molar-refractivity contribution is 7.51. The lowest BCUT2D eigenvalue weighted by molar-refractivity contribution is 0.0306. The van der Waals surface area contributed by atoms with E-state index in [0.717, 1.165) is 6.42 Å². The van der Waals surface area contributed by atoms with E-state index in [0.29, 0.717) is 23.5 Å². The number of ether oxygens (including phenoxy) is 1. The average molecular weight is 313 g/mol. The summed E-state index contributed by atoms with van der Waals surface area (Å²) in [5.74, 6) is 0.508. The molecule has 2 aromatic heterocycles. The van der Waals surface area contributed by atoms with Gasteiger partial charge in [0.05, 0.1) is 18.5 Å². The molecule has 21 heavy (non-hydrogen) atoms. The normalized spacial score (nSPS) is 25.4. The molecule has 2 aromatic rings. The van der Waals surface area contributed by atoms with Crippen molar-refractivity contribution in [2.75, 3.05) is 12.1 Å². The van der Waals surface area contributed by atoms with Gasteiger partial charge in [0.2, 0.25) is 0 Å². The number of rotatable bonds is 5. The number of hydrogen-bond acceptors (Lipinski definition) is 6. The summed E-state index contributed by atoms with van der Waals surface area (Å²) in [7, 11) is -4.19. The van der Waals surface area contributed by atoms with E-state index in [4.69, 9.17) is 20.3 Å². The fourth-order valence-electron chi connectivity index (χ4n) is 2.44. The van der Waals surface area contributed by atoms with Crippen LogP contribution >= 0.6 is 7.60 Å². The minimum atomic E-state index is -4.19. The van der Waals surface area contributed by atoms with Crippen LogP contribution < -0.4 is 5.73 Å². The highest BCUT2D eigenvalue weighted by Gasteiger charge is 2.53. The van der Waals surface area contributed by atoms with Crippen LogP contribution in [0.25, 0.3) is 11.2 Å². The van der Waals surface area contributed by atoms with Crippen LogP contribution in [-0.2, 0) is 15.8 Å². The zero-order chi connectivity index (χ0) is 15.3. The SMILES string of the molecule is C[C@H]1C[C@@]1(Cn1cnc2c(N)ncnc21)OCP(=O)(O)O. The molecule has 10 heteroatoms. The highest BCUT2D eigenvalue weighted by atomic mass is 31.2. The van der Waals surface area contributed by atoms with Crippen LogP contribution in [0.15, 0.2) is 12.7 Å². The summed E-state index contributed by atoms with van der Waals surface area (Å²) < 4.78 is 18.2. The van der Waals surface area contributed by atoms with Crippen molar-refractivity contribution in [1.29, 1.82) is 0 Å². The summed E-state index contributed by atoms with van der Waals surface area (Å²) in [4.78, 5) is 30.1. The number of aromatic nitrogens is 4. The van der Waals surface area contributed by atoms with Crippen molar-refractivity contribution in [3.8, 4) is 0 Å². The average Bonchev–Trinajstić information content (AvgIpc) is 2.83. The monoisotopic (exact) mass is 313 g/mol. The Morgan fingerprint density at radius 3 is 2.86 bits per heavy atom. The maximum absolute atomic E-state index is 11.0. The number of nitrogen functional groups attached to an aromatic ring is 1. The Morgan fingerprint density at radius 1 is 1.52 bits per heavy atom. The van der Waals surface area contributed by atoms with E-state index in [9.17, 15) is 4.57 Å². The second kappa shape index (κ2) is 4.74. The Bertz CT molecular complexity index is 728. The summed E-state index contributed by atoms with van der Waals surface area (Å²) in [5, 5.41) is 0. The van der Waals surface area contributed by atoms with Gasteiger partial charge in [-0.2, -0.15) is 0 Å². The van der Waals surface area contributed by atoms with E-state index in [1.807, 2.05) is 6.92 Å². The quantitative estimate of drug-likeness (QED) is 0.672. The van der Waals surface area contributed by atoms with E-state index in [-0.39, 0.29) is 5.92 Å².